The van der Waals surface area contributed by atoms with E-state index < -0.39 is 5.97 Å². The second-order valence-corrected chi connectivity index (χ2v) is 6.13. The van der Waals surface area contributed by atoms with Crippen LogP contribution >= 0.6 is 11.6 Å². The van der Waals surface area contributed by atoms with Gasteiger partial charge in [-0.25, -0.2) is 24.4 Å². The van der Waals surface area contributed by atoms with Gasteiger partial charge in [0.15, 0.2) is 0 Å². The number of aromatic nitrogens is 3. The van der Waals surface area contributed by atoms with Crippen LogP contribution in [-0.2, 0) is 16.1 Å². The summed E-state index contributed by atoms with van der Waals surface area (Å²) in [5, 5.41) is 2.57. The van der Waals surface area contributed by atoms with Gasteiger partial charge in [-0.3, -0.25) is 4.79 Å². The number of rotatable bonds is 5. The number of methoxy groups -OCH3 is 2. The van der Waals surface area contributed by atoms with Crippen molar-refractivity contribution in [3.05, 3.63) is 53.1 Å². The molecule has 0 atom stereocenters. The van der Waals surface area contributed by atoms with Crippen LogP contribution in [0, 0.1) is 0 Å². The van der Waals surface area contributed by atoms with Crippen LogP contribution in [0.25, 0.3) is 10.9 Å². The standard InChI is InChI=1S/C18H17ClN4O4/c1-11(24)23(22-5-4-20-10-22)9-13-7-14(19)6-12-8-15(18(25)27-3)17(26-2)21-16(12)13/h4-8,10H,9H2,1-3H3. The van der Waals surface area contributed by atoms with Gasteiger partial charge in [-0.05, 0) is 18.2 Å². The predicted octanol–water partition coefficient (Wildman–Crippen LogP) is 2.56. The molecule has 0 radical (unpaired) electrons. The summed E-state index contributed by atoms with van der Waals surface area (Å²) in [7, 11) is 2.70. The van der Waals surface area contributed by atoms with Crippen LogP contribution in [0.2, 0.25) is 5.02 Å². The highest BCUT2D eigenvalue weighted by Gasteiger charge is 2.19. The maximum Gasteiger partial charge on any atom is 0.343 e. The van der Waals surface area contributed by atoms with E-state index in [-0.39, 0.29) is 23.9 Å². The topological polar surface area (TPSA) is 86.6 Å². The van der Waals surface area contributed by atoms with E-state index in [1.165, 1.54) is 32.5 Å². The molecule has 3 rings (SSSR count). The first-order chi connectivity index (χ1) is 12.9. The molecule has 1 amide bonds. The lowest BCUT2D eigenvalue weighted by Gasteiger charge is -2.22. The van der Waals surface area contributed by atoms with Crippen molar-refractivity contribution in [1.29, 1.82) is 0 Å². The monoisotopic (exact) mass is 388 g/mol. The van der Waals surface area contributed by atoms with Crippen molar-refractivity contribution in [3.63, 3.8) is 0 Å². The molecule has 8 nitrogen and oxygen atoms in total. The molecule has 1 aromatic carbocycles. The van der Waals surface area contributed by atoms with Crippen molar-refractivity contribution in [2.45, 2.75) is 13.5 Å². The highest BCUT2D eigenvalue weighted by Crippen LogP contribution is 2.29. The average molecular weight is 389 g/mol. The average Bonchev–Trinajstić information content (AvgIpc) is 3.18. The number of benzene rings is 1. The fourth-order valence-corrected chi connectivity index (χ4v) is 3.00. The number of carbonyl (C=O) groups excluding carboxylic acids is 2. The fourth-order valence-electron chi connectivity index (χ4n) is 2.75. The lowest BCUT2D eigenvalue weighted by atomic mass is 10.1. The van der Waals surface area contributed by atoms with Gasteiger partial charge in [0.2, 0.25) is 11.8 Å². The minimum Gasteiger partial charge on any atom is -0.480 e. The summed E-state index contributed by atoms with van der Waals surface area (Å²) in [4.78, 5) is 32.5. The van der Waals surface area contributed by atoms with Gasteiger partial charge in [0, 0.05) is 35.3 Å². The molecule has 0 saturated heterocycles. The van der Waals surface area contributed by atoms with E-state index in [1.54, 1.807) is 35.3 Å². The van der Waals surface area contributed by atoms with Crippen molar-refractivity contribution in [2.75, 3.05) is 19.2 Å². The zero-order valence-corrected chi connectivity index (χ0v) is 15.7. The number of ether oxygens (including phenoxy) is 2. The summed E-state index contributed by atoms with van der Waals surface area (Å²) in [6.45, 7) is 1.66. The molecule has 2 heterocycles. The quantitative estimate of drug-likeness (QED) is 0.624. The number of pyridine rings is 1. The van der Waals surface area contributed by atoms with Crippen molar-refractivity contribution in [2.24, 2.45) is 0 Å². The largest absolute Gasteiger partial charge is 0.480 e. The highest BCUT2D eigenvalue weighted by atomic mass is 35.5. The number of carbonyl (C=O) groups is 2. The van der Waals surface area contributed by atoms with Gasteiger partial charge in [-0.15, -0.1) is 0 Å². The van der Waals surface area contributed by atoms with Crippen LogP contribution in [0.4, 0.5) is 0 Å². The summed E-state index contributed by atoms with van der Waals surface area (Å²) in [6, 6.07) is 5.02. The SMILES string of the molecule is COC(=O)c1cc2cc(Cl)cc(CN(C(C)=O)n3ccnc3)c2nc1OC. The number of hydrogen-bond donors (Lipinski definition) is 0. The Morgan fingerprint density at radius 1 is 1.26 bits per heavy atom. The van der Waals surface area contributed by atoms with Crippen molar-refractivity contribution in [1.82, 2.24) is 14.6 Å². The number of fused-ring (bicyclic) bond motifs is 1. The minimum absolute atomic E-state index is 0.134. The van der Waals surface area contributed by atoms with Crippen LogP contribution in [-0.4, -0.2) is 40.7 Å². The lowest BCUT2D eigenvalue weighted by molar-refractivity contribution is -0.118. The Hall–Kier alpha value is -3.13. The number of imidazole rings is 1. The van der Waals surface area contributed by atoms with Gasteiger partial charge in [0.05, 0.1) is 26.3 Å². The Kier molecular flexibility index (Phi) is 5.27. The molecule has 9 heteroatoms. The molecular formula is C18H17ClN4O4. The van der Waals surface area contributed by atoms with E-state index in [2.05, 4.69) is 9.97 Å². The van der Waals surface area contributed by atoms with Gasteiger partial charge in [-0.2, -0.15) is 0 Å². The molecule has 0 saturated carbocycles. The second-order valence-electron chi connectivity index (χ2n) is 5.69. The third-order valence-corrected chi connectivity index (χ3v) is 4.20. The molecule has 3 aromatic rings. The Balaban J connectivity index is 2.15. The zero-order valence-electron chi connectivity index (χ0n) is 15.0. The van der Waals surface area contributed by atoms with Gasteiger partial charge < -0.3 is 9.47 Å². The van der Waals surface area contributed by atoms with E-state index in [4.69, 9.17) is 21.1 Å². The van der Waals surface area contributed by atoms with Crippen LogP contribution in [0.15, 0.2) is 36.9 Å². The molecule has 0 fully saturated rings. The van der Waals surface area contributed by atoms with Gasteiger partial charge in [0.25, 0.3) is 0 Å². The van der Waals surface area contributed by atoms with Gasteiger partial charge >= 0.3 is 5.97 Å². The Morgan fingerprint density at radius 3 is 2.63 bits per heavy atom. The number of nitrogens with zero attached hydrogens (tertiary/aromatic N) is 4. The third kappa shape index (κ3) is 3.70. The highest BCUT2D eigenvalue weighted by molar-refractivity contribution is 6.31. The Morgan fingerprint density at radius 2 is 2.04 bits per heavy atom. The summed E-state index contributed by atoms with van der Waals surface area (Å²) < 4.78 is 11.6. The van der Waals surface area contributed by atoms with Crippen LogP contribution in [0.5, 0.6) is 5.88 Å². The second kappa shape index (κ2) is 7.63. The van der Waals surface area contributed by atoms with Crippen molar-refractivity contribution in [3.8, 4) is 5.88 Å². The van der Waals surface area contributed by atoms with E-state index in [1.807, 2.05) is 0 Å². The molecule has 140 valence electrons. The smallest absolute Gasteiger partial charge is 0.343 e. The first kappa shape index (κ1) is 18.7. The maximum absolute atomic E-state index is 12.1. The molecule has 0 aliphatic heterocycles. The normalized spacial score (nSPS) is 10.7. The van der Waals surface area contributed by atoms with Gasteiger partial charge in [-0.1, -0.05) is 11.6 Å². The summed E-state index contributed by atoms with van der Waals surface area (Å²) in [5.74, 6) is -0.610. The first-order valence-corrected chi connectivity index (χ1v) is 8.34. The fraction of sp³-hybridized carbons (Fsp3) is 0.222. The molecule has 2 aromatic heterocycles. The number of hydrogen-bond acceptors (Lipinski definition) is 6. The molecule has 0 aliphatic carbocycles. The summed E-state index contributed by atoms with van der Waals surface area (Å²) >= 11 is 6.25. The lowest BCUT2D eigenvalue weighted by Crippen LogP contribution is -2.37. The molecule has 0 spiro atoms. The molecular weight excluding hydrogens is 372 g/mol. The maximum atomic E-state index is 12.1. The van der Waals surface area contributed by atoms with Crippen LogP contribution in [0.1, 0.15) is 22.8 Å². The van der Waals surface area contributed by atoms with Crippen molar-refractivity contribution < 1.29 is 19.1 Å². The zero-order chi connectivity index (χ0) is 19.6. The number of amides is 1. The Labute approximate surface area is 160 Å². The van der Waals surface area contributed by atoms with Gasteiger partial charge in [0.1, 0.15) is 11.9 Å². The minimum atomic E-state index is -0.563. The molecule has 0 N–H and O–H groups in total. The molecule has 27 heavy (non-hydrogen) atoms. The first-order valence-electron chi connectivity index (χ1n) is 7.96. The van der Waals surface area contributed by atoms with Crippen molar-refractivity contribution >= 4 is 34.4 Å². The molecule has 0 bridgehead atoms. The van der Waals surface area contributed by atoms with Crippen LogP contribution in [0.3, 0.4) is 0 Å². The summed E-state index contributed by atoms with van der Waals surface area (Å²) in [5.41, 5.74) is 1.45. The van der Waals surface area contributed by atoms with E-state index in [0.29, 0.717) is 21.5 Å². The molecule has 0 aliphatic rings. The number of esters is 1. The summed E-state index contributed by atoms with van der Waals surface area (Å²) in [6.07, 6.45) is 4.77. The third-order valence-electron chi connectivity index (χ3n) is 3.98. The Bertz CT molecular complexity index is 1000. The van der Waals surface area contributed by atoms with E-state index in [0.717, 1.165) is 0 Å². The number of halogens is 1. The van der Waals surface area contributed by atoms with E-state index in [9.17, 15) is 9.59 Å². The molecule has 0 unspecified atom stereocenters. The predicted molar refractivity (Wildman–Crippen MR) is 99.5 cm³/mol. The van der Waals surface area contributed by atoms with E-state index >= 15 is 0 Å². The van der Waals surface area contributed by atoms with Crippen LogP contribution < -0.4 is 9.75 Å².